The zero-order chi connectivity index (χ0) is 15.1. The van der Waals surface area contributed by atoms with Gasteiger partial charge in [-0.3, -0.25) is 24.0 Å². The fourth-order valence-corrected chi connectivity index (χ4v) is 3.03. The number of amides is 2. The van der Waals surface area contributed by atoms with Gasteiger partial charge in [0.25, 0.3) is 0 Å². The number of aromatic nitrogens is 2. The lowest BCUT2D eigenvalue weighted by Gasteiger charge is -2.21. The second-order valence-corrected chi connectivity index (χ2v) is 5.32. The Hall–Kier alpha value is -2.37. The Bertz CT molecular complexity index is 800. The first-order valence-electron chi connectivity index (χ1n) is 7.07. The Labute approximate surface area is 121 Å². The van der Waals surface area contributed by atoms with E-state index in [0.717, 1.165) is 23.0 Å². The SMILES string of the molecule is CCc1cccc2c1n(C)c(=O)n2[C@@H]1CCC(=O)NC1=O. The number of aryl methyl sites for hydroxylation is 2. The van der Waals surface area contributed by atoms with E-state index in [1.54, 1.807) is 11.6 Å². The first-order valence-corrected chi connectivity index (χ1v) is 7.07. The lowest BCUT2D eigenvalue weighted by molar-refractivity contribution is -0.135. The molecule has 21 heavy (non-hydrogen) atoms. The second kappa shape index (κ2) is 4.87. The maximum absolute atomic E-state index is 12.5. The molecule has 2 amide bonds. The van der Waals surface area contributed by atoms with E-state index >= 15 is 0 Å². The van der Waals surface area contributed by atoms with E-state index < -0.39 is 11.9 Å². The zero-order valence-corrected chi connectivity index (χ0v) is 12.0. The van der Waals surface area contributed by atoms with Gasteiger partial charge in [-0.25, -0.2) is 4.79 Å². The van der Waals surface area contributed by atoms with Crippen LogP contribution in [-0.4, -0.2) is 20.9 Å². The predicted molar refractivity (Wildman–Crippen MR) is 78.0 cm³/mol. The number of carbonyl (C=O) groups is 2. The predicted octanol–water partition coefficient (Wildman–Crippen LogP) is 0.880. The maximum Gasteiger partial charge on any atom is 0.329 e. The van der Waals surface area contributed by atoms with Gasteiger partial charge < -0.3 is 0 Å². The number of rotatable bonds is 2. The molecule has 1 atom stereocenters. The fraction of sp³-hybridized carbons (Fsp3) is 0.400. The minimum absolute atomic E-state index is 0.222. The van der Waals surface area contributed by atoms with Gasteiger partial charge in [0.1, 0.15) is 6.04 Å². The van der Waals surface area contributed by atoms with Crippen LogP contribution in [-0.2, 0) is 23.1 Å². The van der Waals surface area contributed by atoms with Gasteiger partial charge in [0.15, 0.2) is 0 Å². The van der Waals surface area contributed by atoms with Gasteiger partial charge in [-0.15, -0.1) is 0 Å². The number of piperidine rings is 1. The number of fused-ring (bicyclic) bond motifs is 1. The summed E-state index contributed by atoms with van der Waals surface area (Å²) in [7, 11) is 1.71. The van der Waals surface area contributed by atoms with Crippen LogP contribution in [0, 0.1) is 0 Å². The summed E-state index contributed by atoms with van der Waals surface area (Å²) >= 11 is 0. The van der Waals surface area contributed by atoms with Crippen LogP contribution in [0.25, 0.3) is 11.0 Å². The molecule has 2 aromatic rings. The molecule has 1 aromatic heterocycles. The summed E-state index contributed by atoms with van der Waals surface area (Å²) in [6, 6.07) is 5.10. The Balaban J connectivity index is 2.24. The van der Waals surface area contributed by atoms with Crippen molar-refractivity contribution >= 4 is 22.8 Å². The van der Waals surface area contributed by atoms with Crippen molar-refractivity contribution in [3.05, 3.63) is 34.2 Å². The van der Waals surface area contributed by atoms with Gasteiger partial charge in [-0.05, 0) is 24.5 Å². The zero-order valence-electron chi connectivity index (χ0n) is 12.0. The first-order chi connectivity index (χ1) is 10.0. The van der Waals surface area contributed by atoms with Crippen LogP contribution < -0.4 is 11.0 Å². The second-order valence-electron chi connectivity index (χ2n) is 5.32. The van der Waals surface area contributed by atoms with Gasteiger partial charge in [0.2, 0.25) is 11.8 Å². The first kappa shape index (κ1) is 13.6. The molecule has 1 fully saturated rings. The van der Waals surface area contributed by atoms with Crippen LogP contribution in [0.1, 0.15) is 31.4 Å². The molecule has 0 aliphatic carbocycles. The number of nitrogens with one attached hydrogen (secondary N) is 1. The molecule has 0 unspecified atom stereocenters. The van der Waals surface area contributed by atoms with Gasteiger partial charge in [-0.1, -0.05) is 19.1 Å². The molecule has 0 bridgehead atoms. The third-order valence-corrected chi connectivity index (χ3v) is 4.09. The van der Waals surface area contributed by atoms with Gasteiger partial charge in [0, 0.05) is 13.5 Å². The number of carbonyl (C=O) groups excluding carboxylic acids is 2. The highest BCUT2D eigenvalue weighted by Crippen LogP contribution is 2.24. The van der Waals surface area contributed by atoms with E-state index in [-0.39, 0.29) is 18.0 Å². The van der Waals surface area contributed by atoms with Crippen molar-refractivity contribution in [3.63, 3.8) is 0 Å². The van der Waals surface area contributed by atoms with Crippen LogP contribution in [0.2, 0.25) is 0 Å². The summed E-state index contributed by atoms with van der Waals surface area (Å²) in [4.78, 5) is 35.9. The quantitative estimate of drug-likeness (QED) is 0.833. The summed E-state index contributed by atoms with van der Waals surface area (Å²) < 4.78 is 3.09. The molecule has 0 radical (unpaired) electrons. The average molecular weight is 287 g/mol. The molecule has 1 aliphatic heterocycles. The van der Waals surface area contributed by atoms with E-state index in [2.05, 4.69) is 5.32 Å². The number of hydrogen-bond donors (Lipinski definition) is 1. The van der Waals surface area contributed by atoms with E-state index in [1.807, 2.05) is 25.1 Å². The molecule has 2 heterocycles. The Morgan fingerprint density at radius 1 is 1.29 bits per heavy atom. The van der Waals surface area contributed by atoms with Gasteiger partial charge >= 0.3 is 5.69 Å². The number of imide groups is 1. The number of para-hydroxylation sites is 1. The molecule has 3 rings (SSSR count). The summed E-state index contributed by atoms with van der Waals surface area (Å²) in [5.74, 6) is -0.679. The third kappa shape index (κ3) is 1.98. The molecule has 1 saturated heterocycles. The molecular weight excluding hydrogens is 270 g/mol. The summed E-state index contributed by atoms with van der Waals surface area (Å²) in [6.07, 6.45) is 1.43. The van der Waals surface area contributed by atoms with Crippen molar-refractivity contribution in [2.75, 3.05) is 0 Å². The lowest BCUT2D eigenvalue weighted by atomic mass is 10.1. The smallest absolute Gasteiger partial charge is 0.295 e. The van der Waals surface area contributed by atoms with E-state index in [4.69, 9.17) is 0 Å². The van der Waals surface area contributed by atoms with Gasteiger partial charge in [-0.2, -0.15) is 0 Å². The van der Waals surface area contributed by atoms with E-state index in [1.165, 1.54) is 4.57 Å². The van der Waals surface area contributed by atoms with Crippen molar-refractivity contribution in [1.82, 2.24) is 14.5 Å². The molecule has 1 N–H and O–H groups in total. The minimum atomic E-state index is -0.619. The fourth-order valence-electron chi connectivity index (χ4n) is 3.03. The molecule has 6 nitrogen and oxygen atoms in total. The molecule has 1 aliphatic rings. The molecule has 0 spiro atoms. The van der Waals surface area contributed by atoms with Crippen LogP contribution in [0.15, 0.2) is 23.0 Å². The number of nitrogens with zero attached hydrogens (tertiary/aromatic N) is 2. The number of imidazole rings is 1. The highest BCUT2D eigenvalue weighted by molar-refractivity contribution is 6.00. The van der Waals surface area contributed by atoms with Gasteiger partial charge in [0.05, 0.1) is 11.0 Å². The van der Waals surface area contributed by atoms with Crippen LogP contribution in [0.4, 0.5) is 0 Å². The summed E-state index contributed by atoms with van der Waals surface area (Å²) in [6.45, 7) is 2.03. The van der Waals surface area contributed by atoms with E-state index in [9.17, 15) is 14.4 Å². The van der Waals surface area contributed by atoms with Crippen LogP contribution in [0.5, 0.6) is 0 Å². The van der Waals surface area contributed by atoms with Crippen LogP contribution in [0.3, 0.4) is 0 Å². The maximum atomic E-state index is 12.5. The normalized spacial score (nSPS) is 19.0. The lowest BCUT2D eigenvalue weighted by Crippen LogP contribution is -2.44. The standard InChI is InChI=1S/C15H17N3O3/c1-3-9-5-4-6-10-13(9)17(2)15(21)18(10)11-7-8-12(19)16-14(11)20/h4-6,11H,3,7-8H2,1-2H3,(H,16,19,20)/t11-/m1/s1. The highest BCUT2D eigenvalue weighted by Gasteiger charge is 2.31. The monoisotopic (exact) mass is 287 g/mol. The minimum Gasteiger partial charge on any atom is -0.295 e. The molecule has 6 heteroatoms. The molecular formula is C15H17N3O3. The number of hydrogen-bond acceptors (Lipinski definition) is 3. The number of benzene rings is 1. The van der Waals surface area contributed by atoms with E-state index in [0.29, 0.717) is 6.42 Å². The Morgan fingerprint density at radius 3 is 2.71 bits per heavy atom. The molecule has 1 aromatic carbocycles. The topological polar surface area (TPSA) is 73.1 Å². The van der Waals surface area contributed by atoms with Crippen LogP contribution >= 0.6 is 0 Å². The Morgan fingerprint density at radius 2 is 2.05 bits per heavy atom. The highest BCUT2D eigenvalue weighted by atomic mass is 16.2. The average Bonchev–Trinajstić information content (AvgIpc) is 2.72. The van der Waals surface area contributed by atoms with Crippen molar-refractivity contribution in [2.24, 2.45) is 7.05 Å². The largest absolute Gasteiger partial charge is 0.329 e. The van der Waals surface area contributed by atoms with Crippen molar-refractivity contribution in [3.8, 4) is 0 Å². The van der Waals surface area contributed by atoms with Crippen molar-refractivity contribution in [2.45, 2.75) is 32.2 Å². The summed E-state index contributed by atoms with van der Waals surface area (Å²) in [5, 5.41) is 2.31. The molecule has 0 saturated carbocycles. The third-order valence-electron chi connectivity index (χ3n) is 4.09. The van der Waals surface area contributed by atoms with Crippen molar-refractivity contribution < 1.29 is 9.59 Å². The molecule has 110 valence electrons. The Kier molecular flexibility index (Phi) is 3.16. The summed E-state index contributed by atoms with van der Waals surface area (Å²) in [5.41, 5.74) is 2.45. The van der Waals surface area contributed by atoms with Crippen molar-refractivity contribution in [1.29, 1.82) is 0 Å².